The minimum atomic E-state index is -3.11. The monoisotopic (exact) mass is 855 g/mol. The number of aliphatic hydroxyl groups excluding tert-OH is 2. The first-order valence-electron chi connectivity index (χ1n) is 19.1. The molecule has 3 aliphatic rings. The minimum absolute atomic E-state index is 0. The van der Waals surface area contributed by atoms with Gasteiger partial charge in [0.25, 0.3) is 0 Å². The summed E-state index contributed by atoms with van der Waals surface area (Å²) in [6.45, 7) is 15.2. The predicted octanol–water partition coefficient (Wildman–Crippen LogP) is 2.79. The van der Waals surface area contributed by atoms with Crippen LogP contribution in [0.3, 0.4) is 0 Å². The molecule has 16 nitrogen and oxygen atoms in total. The number of carbonyl (C=O) groups is 6. The van der Waals surface area contributed by atoms with Crippen molar-refractivity contribution in [3.8, 4) is 34.5 Å². The Morgan fingerprint density at radius 2 is 0.770 bits per heavy atom. The van der Waals surface area contributed by atoms with Crippen molar-refractivity contribution in [2.24, 2.45) is 23.7 Å². The third-order valence-corrected chi connectivity index (χ3v) is 10.9. The van der Waals surface area contributed by atoms with E-state index in [2.05, 4.69) is 0 Å². The van der Waals surface area contributed by atoms with Gasteiger partial charge in [-0.05, 0) is 27.7 Å². The largest absolute Gasteiger partial charge is 1.00 e. The van der Waals surface area contributed by atoms with Crippen LogP contribution in [0.2, 0.25) is 0 Å². The fourth-order valence-electron chi connectivity index (χ4n) is 7.28. The van der Waals surface area contributed by atoms with E-state index in [1.54, 1.807) is 0 Å². The molecule has 1 heterocycles. The molecule has 2 aromatic carbocycles. The van der Waals surface area contributed by atoms with Crippen molar-refractivity contribution in [2.75, 3.05) is 0 Å². The van der Waals surface area contributed by atoms with Gasteiger partial charge in [-0.1, -0.05) is 55.4 Å². The van der Waals surface area contributed by atoms with Crippen molar-refractivity contribution < 1.29 is 109 Å². The number of ether oxygens (including phenoxy) is 2. The number of carbonyl (C=O) groups excluding carboxylic acids is 6. The van der Waals surface area contributed by atoms with Crippen LogP contribution in [-0.4, -0.2) is 86.8 Å². The van der Waals surface area contributed by atoms with Gasteiger partial charge in [0.15, 0.2) is 45.9 Å². The summed E-state index contributed by atoms with van der Waals surface area (Å²) in [5.74, 6) is -21.0. The van der Waals surface area contributed by atoms with E-state index in [-0.39, 0.29) is 29.6 Å². The maximum Gasteiger partial charge on any atom is 1.00 e. The summed E-state index contributed by atoms with van der Waals surface area (Å²) in [5.41, 5.74) is -14.1. The van der Waals surface area contributed by atoms with Gasteiger partial charge in [0.05, 0.1) is 22.3 Å². The molecule has 2 aliphatic carbocycles. The second kappa shape index (κ2) is 16.2. The fraction of sp³-hybridized carbons (Fsp3) is 0.409. The van der Waals surface area contributed by atoms with E-state index in [4.69, 9.17) is 9.47 Å². The maximum absolute atomic E-state index is 14.2. The second-order valence-corrected chi connectivity index (χ2v) is 16.7. The summed E-state index contributed by atoms with van der Waals surface area (Å²) in [6.07, 6.45) is 0. The van der Waals surface area contributed by atoms with Gasteiger partial charge in [-0.3, -0.25) is 28.8 Å². The molecular weight excluding hydrogens is 807 g/mol. The smallest absolute Gasteiger partial charge is 0.507 e. The Hall–Kier alpha value is -5.26. The molecule has 0 saturated carbocycles. The number of fused-ring (bicyclic) bond motifs is 4. The quantitative estimate of drug-likeness (QED) is 0.108. The summed E-state index contributed by atoms with van der Waals surface area (Å²) in [6, 6.07) is 0. The molecule has 2 aromatic rings. The fourth-order valence-corrected chi connectivity index (χ4v) is 7.28. The zero-order valence-electron chi connectivity index (χ0n) is 36.2. The van der Waals surface area contributed by atoms with E-state index in [0.717, 1.165) is 13.8 Å². The first kappa shape index (κ1) is 48.4. The van der Waals surface area contributed by atoms with E-state index < -0.39 is 183 Å². The van der Waals surface area contributed by atoms with Crippen LogP contribution in [0.25, 0.3) is 11.1 Å². The van der Waals surface area contributed by atoms with Gasteiger partial charge in [-0.15, -0.1) is 0 Å². The van der Waals surface area contributed by atoms with Gasteiger partial charge in [0, 0.05) is 34.8 Å². The SMILES string of the molecule is Cc1c(O)c(C(=O)C(C)C)c(O)c2c1Oc1c(C)c(O)c(C(=O)C(C)C)c(O)c1C1=C(OC3=C2C(O)=C(C(=O)C(C)C)C(=O)[C@]3(C)O)[C@@](C)(O)C(=O)C(C(=O)C(C)C)=C1O.[Na+]. The van der Waals surface area contributed by atoms with Gasteiger partial charge in [0.2, 0.25) is 11.6 Å². The molecule has 0 fully saturated rings. The molecule has 0 amide bonds. The number of aromatic hydroxyl groups is 4. The third-order valence-electron chi connectivity index (χ3n) is 10.9. The van der Waals surface area contributed by atoms with Crippen molar-refractivity contribution in [1.29, 1.82) is 0 Å². The van der Waals surface area contributed by atoms with E-state index in [0.29, 0.717) is 0 Å². The molecule has 2 atom stereocenters. The normalized spacial score (nSPS) is 20.3. The summed E-state index contributed by atoms with van der Waals surface area (Å²) in [5, 5.41) is 96.3. The Kier molecular flexibility index (Phi) is 12.9. The van der Waals surface area contributed by atoms with E-state index in [1.807, 2.05) is 0 Å². The van der Waals surface area contributed by atoms with E-state index in [9.17, 15) is 69.6 Å². The number of hydrogen-bond acceptors (Lipinski definition) is 16. The maximum atomic E-state index is 14.2. The number of ketones is 6. The number of aliphatic hydroxyl groups is 4. The number of benzene rings is 2. The Labute approximate surface area is 372 Å². The van der Waals surface area contributed by atoms with E-state index >= 15 is 0 Å². The summed E-state index contributed by atoms with van der Waals surface area (Å²) in [7, 11) is 0. The van der Waals surface area contributed by atoms with Crippen LogP contribution < -0.4 is 34.3 Å². The van der Waals surface area contributed by atoms with Crippen molar-refractivity contribution in [3.63, 3.8) is 0 Å². The van der Waals surface area contributed by atoms with Gasteiger partial charge in [0.1, 0.15) is 68.3 Å². The first-order valence-corrected chi connectivity index (χ1v) is 19.1. The van der Waals surface area contributed by atoms with Crippen LogP contribution in [0, 0.1) is 37.5 Å². The summed E-state index contributed by atoms with van der Waals surface area (Å²) in [4.78, 5) is 83.2. The van der Waals surface area contributed by atoms with Gasteiger partial charge >= 0.3 is 29.6 Å². The molecule has 0 saturated heterocycles. The molecule has 17 heteroatoms. The number of Topliss-reactive ketones (excluding diaryl/α,β-unsaturated/α-hetero) is 6. The van der Waals surface area contributed by atoms with Crippen LogP contribution in [0.1, 0.15) is 112 Å². The van der Waals surface area contributed by atoms with Crippen LogP contribution in [-0.2, 0) is 23.9 Å². The number of phenols is 4. The average molecular weight is 856 g/mol. The first-order chi connectivity index (χ1) is 27.5. The van der Waals surface area contributed by atoms with Crippen LogP contribution in [0.4, 0.5) is 0 Å². The number of phenolic OH excluding ortho intramolecular Hbond substituents is 4. The molecule has 0 bridgehead atoms. The molecule has 320 valence electrons. The standard InChI is InChI=1S/C44H48O16.Na/c1-13(2)27(45)23-31(49)17(9)37-19(33(23)51)21-35(53)25(29(47)15(5)6)39(55)43(11,57)41(21)60-42-22(36(54)26(30(48)16(7)8)40(56)44(42,12)58)20-34(52)24(28(46)14(3)4)32(50)18(10)38(20)59-37;/h13-16,49-54,57-58H,1-12H3;/q;+1/t43-,44-;/m0./s1. The Morgan fingerprint density at radius 3 is 1.03 bits per heavy atom. The van der Waals surface area contributed by atoms with Crippen LogP contribution >= 0.6 is 0 Å². The third kappa shape index (κ3) is 7.07. The molecule has 0 spiro atoms. The molecule has 0 radical (unpaired) electrons. The van der Waals surface area contributed by atoms with Gasteiger partial charge < -0.3 is 50.3 Å². The minimum Gasteiger partial charge on any atom is -0.507 e. The molecular formula is C44H48NaO16+. The van der Waals surface area contributed by atoms with Gasteiger partial charge in [-0.25, -0.2) is 0 Å². The van der Waals surface area contributed by atoms with Crippen molar-refractivity contribution >= 4 is 45.8 Å². The second-order valence-electron chi connectivity index (χ2n) is 16.7. The predicted molar refractivity (Wildman–Crippen MR) is 213 cm³/mol. The Balaban J connectivity index is 0.00000819. The Bertz CT molecular complexity index is 2350. The average Bonchev–Trinajstić information content (AvgIpc) is 3.15. The topological polar surface area (TPSA) is 283 Å². The van der Waals surface area contributed by atoms with Crippen molar-refractivity contribution in [2.45, 2.75) is 94.3 Å². The molecule has 0 unspecified atom stereocenters. The molecule has 1 aliphatic heterocycles. The summed E-state index contributed by atoms with van der Waals surface area (Å²) < 4.78 is 12.6. The zero-order valence-corrected chi connectivity index (χ0v) is 38.2. The van der Waals surface area contributed by atoms with Crippen LogP contribution in [0.15, 0.2) is 34.2 Å². The van der Waals surface area contributed by atoms with Crippen LogP contribution in [0.5, 0.6) is 34.5 Å². The van der Waals surface area contributed by atoms with Gasteiger partial charge in [-0.2, -0.15) is 0 Å². The summed E-state index contributed by atoms with van der Waals surface area (Å²) >= 11 is 0. The number of allylic oxidation sites excluding steroid dienone is 2. The van der Waals surface area contributed by atoms with Crippen molar-refractivity contribution in [3.05, 3.63) is 67.6 Å². The number of rotatable bonds is 8. The molecule has 5 rings (SSSR count). The molecule has 0 aromatic heterocycles. The molecule has 8 N–H and O–H groups in total. The van der Waals surface area contributed by atoms with Crippen molar-refractivity contribution in [1.82, 2.24) is 0 Å². The van der Waals surface area contributed by atoms with E-state index in [1.165, 1.54) is 69.2 Å². The Morgan fingerprint density at radius 1 is 0.492 bits per heavy atom. The molecule has 61 heavy (non-hydrogen) atoms. The number of hydrogen-bond donors (Lipinski definition) is 8. The zero-order chi connectivity index (χ0) is 45.7.